The van der Waals surface area contributed by atoms with Crippen LogP contribution in [0.2, 0.25) is 0 Å². The number of hydrogen-bond acceptors (Lipinski definition) is 4. The first-order valence-corrected chi connectivity index (χ1v) is 9.21. The third kappa shape index (κ3) is 2.96. The standard InChI is InChI=1S/C22H15N5O3/c28-19(26-21-23-16-8-4-5-9-17(16)24-21)13-10-11-15-18(12-13)25-22(30)27(20(15)29)14-6-2-1-3-7-14/h1-12H,(H,25,30)(H2,23,24,26,28). The fraction of sp³-hybridized carbons (Fsp3) is 0. The third-order valence-corrected chi connectivity index (χ3v) is 4.80. The van der Waals surface area contributed by atoms with E-state index in [2.05, 4.69) is 20.3 Å². The molecule has 1 amide bonds. The first-order chi connectivity index (χ1) is 14.6. The monoisotopic (exact) mass is 397 g/mol. The van der Waals surface area contributed by atoms with Crippen LogP contribution in [0.4, 0.5) is 5.95 Å². The van der Waals surface area contributed by atoms with Gasteiger partial charge in [-0.25, -0.2) is 14.3 Å². The molecule has 0 unspecified atom stereocenters. The minimum absolute atomic E-state index is 0.287. The second kappa shape index (κ2) is 6.85. The van der Waals surface area contributed by atoms with E-state index in [-0.39, 0.29) is 11.1 Å². The van der Waals surface area contributed by atoms with Crippen LogP contribution in [0.25, 0.3) is 27.6 Å². The second-order valence-electron chi connectivity index (χ2n) is 6.72. The van der Waals surface area contributed by atoms with E-state index >= 15 is 0 Å². The molecule has 5 rings (SSSR count). The lowest BCUT2D eigenvalue weighted by Gasteiger charge is -2.07. The van der Waals surface area contributed by atoms with Gasteiger partial charge < -0.3 is 9.97 Å². The zero-order valence-electron chi connectivity index (χ0n) is 15.5. The van der Waals surface area contributed by atoms with Gasteiger partial charge in [0.1, 0.15) is 0 Å². The molecule has 0 radical (unpaired) electrons. The van der Waals surface area contributed by atoms with E-state index in [0.29, 0.717) is 17.0 Å². The van der Waals surface area contributed by atoms with Crippen molar-refractivity contribution in [1.29, 1.82) is 0 Å². The zero-order valence-corrected chi connectivity index (χ0v) is 15.5. The van der Waals surface area contributed by atoms with Crippen molar-refractivity contribution in [1.82, 2.24) is 19.5 Å². The molecule has 8 heteroatoms. The summed E-state index contributed by atoms with van der Waals surface area (Å²) in [6, 6.07) is 20.6. The smallest absolute Gasteiger partial charge is 0.324 e. The Kier molecular flexibility index (Phi) is 4.03. The molecule has 0 atom stereocenters. The third-order valence-electron chi connectivity index (χ3n) is 4.80. The van der Waals surface area contributed by atoms with Gasteiger partial charge in [0.25, 0.3) is 11.5 Å². The summed E-state index contributed by atoms with van der Waals surface area (Å²) in [6.45, 7) is 0. The van der Waals surface area contributed by atoms with Gasteiger partial charge in [-0.3, -0.25) is 14.9 Å². The Morgan fingerprint density at radius 2 is 1.63 bits per heavy atom. The van der Waals surface area contributed by atoms with Crippen LogP contribution in [-0.2, 0) is 0 Å². The average Bonchev–Trinajstić information content (AvgIpc) is 3.16. The molecule has 0 bridgehead atoms. The number of nitrogens with zero attached hydrogens (tertiary/aromatic N) is 2. The van der Waals surface area contributed by atoms with Crippen LogP contribution in [-0.4, -0.2) is 25.4 Å². The van der Waals surface area contributed by atoms with Crippen LogP contribution >= 0.6 is 0 Å². The number of H-pyrrole nitrogens is 2. The van der Waals surface area contributed by atoms with Crippen LogP contribution in [0, 0.1) is 0 Å². The molecule has 2 aromatic heterocycles. The number of aromatic amines is 2. The van der Waals surface area contributed by atoms with Gasteiger partial charge >= 0.3 is 5.69 Å². The summed E-state index contributed by atoms with van der Waals surface area (Å²) in [5, 5.41) is 3.00. The molecular formula is C22H15N5O3. The van der Waals surface area contributed by atoms with E-state index in [4.69, 9.17) is 0 Å². The number of nitrogens with one attached hydrogen (secondary N) is 3. The van der Waals surface area contributed by atoms with Crippen LogP contribution < -0.4 is 16.6 Å². The number of carbonyl (C=O) groups excluding carboxylic acids is 1. The number of amides is 1. The quantitative estimate of drug-likeness (QED) is 0.434. The minimum Gasteiger partial charge on any atom is -0.324 e. The molecule has 30 heavy (non-hydrogen) atoms. The highest BCUT2D eigenvalue weighted by Gasteiger charge is 2.13. The van der Waals surface area contributed by atoms with Gasteiger partial charge in [-0.15, -0.1) is 0 Å². The van der Waals surface area contributed by atoms with Crippen LogP contribution in [0.3, 0.4) is 0 Å². The molecular weight excluding hydrogens is 382 g/mol. The van der Waals surface area contributed by atoms with E-state index in [9.17, 15) is 14.4 Å². The molecule has 5 aromatic rings. The lowest BCUT2D eigenvalue weighted by molar-refractivity contribution is 0.102. The van der Waals surface area contributed by atoms with Gasteiger partial charge in [-0.05, 0) is 42.5 Å². The summed E-state index contributed by atoms with van der Waals surface area (Å²) < 4.78 is 1.07. The highest BCUT2D eigenvalue weighted by molar-refractivity contribution is 6.05. The molecule has 2 heterocycles. The summed E-state index contributed by atoms with van der Waals surface area (Å²) in [6.07, 6.45) is 0. The Labute approximate surface area is 168 Å². The van der Waals surface area contributed by atoms with Crippen LogP contribution in [0.15, 0.2) is 82.4 Å². The number of carbonyl (C=O) groups is 1. The van der Waals surface area contributed by atoms with Crippen molar-refractivity contribution in [3.05, 3.63) is 99.2 Å². The number of hydrogen-bond donors (Lipinski definition) is 3. The maximum Gasteiger partial charge on any atom is 0.333 e. The van der Waals surface area contributed by atoms with E-state index in [1.165, 1.54) is 18.2 Å². The normalized spacial score (nSPS) is 11.1. The summed E-state index contributed by atoms with van der Waals surface area (Å²) in [4.78, 5) is 48.0. The van der Waals surface area contributed by atoms with Crippen molar-refractivity contribution in [2.75, 3.05) is 5.32 Å². The Hall–Kier alpha value is -4.46. The Morgan fingerprint density at radius 3 is 2.43 bits per heavy atom. The Morgan fingerprint density at radius 1 is 0.867 bits per heavy atom. The molecule has 0 spiro atoms. The zero-order chi connectivity index (χ0) is 20.7. The number of imidazole rings is 1. The van der Waals surface area contributed by atoms with Crippen molar-refractivity contribution in [3.8, 4) is 5.69 Å². The maximum absolute atomic E-state index is 12.8. The summed E-state index contributed by atoms with van der Waals surface area (Å²) in [7, 11) is 0. The molecule has 3 N–H and O–H groups in total. The summed E-state index contributed by atoms with van der Waals surface area (Å²) >= 11 is 0. The summed E-state index contributed by atoms with van der Waals surface area (Å²) in [5.41, 5.74) is 1.55. The SMILES string of the molecule is O=C(Nc1nc2ccccc2[nH]1)c1ccc2c(=O)n(-c3ccccc3)c(=O)[nH]c2c1. The minimum atomic E-state index is -0.575. The van der Waals surface area contributed by atoms with Crippen molar-refractivity contribution >= 4 is 33.8 Å². The van der Waals surface area contributed by atoms with Crippen LogP contribution in [0.5, 0.6) is 0 Å². The average molecular weight is 397 g/mol. The topological polar surface area (TPSA) is 113 Å². The molecule has 0 aliphatic heterocycles. The predicted molar refractivity (Wildman–Crippen MR) is 114 cm³/mol. The van der Waals surface area contributed by atoms with Gasteiger partial charge in [-0.2, -0.15) is 0 Å². The molecule has 146 valence electrons. The number of para-hydroxylation sites is 3. The molecule has 0 saturated carbocycles. The van der Waals surface area contributed by atoms with Crippen molar-refractivity contribution < 1.29 is 4.79 Å². The van der Waals surface area contributed by atoms with E-state index < -0.39 is 17.2 Å². The van der Waals surface area contributed by atoms with E-state index in [1.54, 1.807) is 30.3 Å². The number of benzene rings is 3. The summed E-state index contributed by atoms with van der Waals surface area (Å²) in [5.74, 6) is -0.0988. The fourth-order valence-corrected chi connectivity index (χ4v) is 3.36. The number of aromatic nitrogens is 4. The Balaban J connectivity index is 1.52. The lowest BCUT2D eigenvalue weighted by Crippen LogP contribution is -2.33. The predicted octanol–water partition coefficient (Wildman–Crippen LogP) is 2.81. The van der Waals surface area contributed by atoms with Crippen LogP contribution in [0.1, 0.15) is 10.4 Å². The fourth-order valence-electron chi connectivity index (χ4n) is 3.36. The maximum atomic E-state index is 12.8. The first kappa shape index (κ1) is 17.6. The van der Waals surface area contributed by atoms with Crippen molar-refractivity contribution in [2.24, 2.45) is 0 Å². The number of rotatable bonds is 3. The highest BCUT2D eigenvalue weighted by Crippen LogP contribution is 2.15. The highest BCUT2D eigenvalue weighted by atomic mass is 16.2. The molecule has 0 aliphatic carbocycles. The van der Waals surface area contributed by atoms with E-state index in [0.717, 1.165) is 15.6 Å². The molecule has 0 aliphatic rings. The molecule has 3 aromatic carbocycles. The van der Waals surface area contributed by atoms with Gasteiger partial charge in [0.05, 0.1) is 27.6 Å². The molecule has 0 fully saturated rings. The molecule has 0 saturated heterocycles. The lowest BCUT2D eigenvalue weighted by atomic mass is 10.1. The first-order valence-electron chi connectivity index (χ1n) is 9.21. The Bertz CT molecular complexity index is 1500. The van der Waals surface area contributed by atoms with Crippen molar-refractivity contribution in [3.63, 3.8) is 0 Å². The van der Waals surface area contributed by atoms with E-state index in [1.807, 2.05) is 24.3 Å². The van der Waals surface area contributed by atoms with Gasteiger partial charge in [0.15, 0.2) is 0 Å². The second-order valence-corrected chi connectivity index (χ2v) is 6.72. The molecule has 8 nitrogen and oxygen atoms in total. The number of fused-ring (bicyclic) bond motifs is 2. The largest absolute Gasteiger partial charge is 0.333 e. The van der Waals surface area contributed by atoms with Gasteiger partial charge in [0, 0.05) is 5.56 Å². The number of anilines is 1. The van der Waals surface area contributed by atoms with Crippen molar-refractivity contribution in [2.45, 2.75) is 0 Å². The van der Waals surface area contributed by atoms with Gasteiger partial charge in [-0.1, -0.05) is 30.3 Å². The van der Waals surface area contributed by atoms with Gasteiger partial charge in [0.2, 0.25) is 5.95 Å².